The lowest BCUT2D eigenvalue weighted by Gasteiger charge is -2.26. The second kappa shape index (κ2) is 10.1. The number of aliphatic imine (C=N–C) groups is 1. The van der Waals surface area contributed by atoms with Gasteiger partial charge in [-0.3, -0.25) is 9.89 Å². The Bertz CT molecular complexity index is 230. The first-order chi connectivity index (χ1) is 8.86. The van der Waals surface area contributed by atoms with Crippen molar-refractivity contribution >= 4 is 5.96 Å². The van der Waals surface area contributed by atoms with Crippen molar-refractivity contribution in [1.82, 2.24) is 15.5 Å². The molecule has 1 rings (SSSR count). The molecular weight excluding hydrogens is 232 g/mol. The van der Waals surface area contributed by atoms with Crippen LogP contribution in [0.1, 0.15) is 6.42 Å². The number of guanidine groups is 1. The third-order valence-corrected chi connectivity index (χ3v) is 2.87. The minimum absolute atomic E-state index is 0.776. The van der Waals surface area contributed by atoms with Crippen molar-refractivity contribution < 1.29 is 9.47 Å². The molecule has 1 fully saturated rings. The molecule has 1 aliphatic heterocycles. The Morgan fingerprint density at radius 2 is 2.00 bits per heavy atom. The summed E-state index contributed by atoms with van der Waals surface area (Å²) >= 11 is 0. The van der Waals surface area contributed by atoms with Crippen LogP contribution in [0.5, 0.6) is 0 Å². The number of ether oxygens (including phenoxy) is 2. The van der Waals surface area contributed by atoms with Crippen LogP contribution in [0.4, 0.5) is 0 Å². The van der Waals surface area contributed by atoms with Crippen molar-refractivity contribution in [1.29, 1.82) is 0 Å². The molecule has 2 N–H and O–H groups in total. The lowest BCUT2D eigenvalue weighted by Crippen LogP contribution is -2.44. The van der Waals surface area contributed by atoms with Gasteiger partial charge in [-0.15, -0.1) is 0 Å². The zero-order valence-corrected chi connectivity index (χ0v) is 11.6. The summed E-state index contributed by atoms with van der Waals surface area (Å²) in [6, 6.07) is 0. The molecule has 0 saturated carbocycles. The van der Waals surface area contributed by atoms with Crippen molar-refractivity contribution in [3.63, 3.8) is 0 Å². The third kappa shape index (κ3) is 6.78. The van der Waals surface area contributed by atoms with E-state index in [4.69, 9.17) is 9.47 Å². The van der Waals surface area contributed by atoms with E-state index in [2.05, 4.69) is 20.5 Å². The van der Waals surface area contributed by atoms with Crippen molar-refractivity contribution in [2.75, 3.05) is 66.7 Å². The second-order valence-corrected chi connectivity index (χ2v) is 4.23. The largest absolute Gasteiger partial charge is 0.385 e. The summed E-state index contributed by atoms with van der Waals surface area (Å²) in [7, 11) is 3.51. The molecule has 0 amide bonds. The highest BCUT2D eigenvalue weighted by molar-refractivity contribution is 5.79. The van der Waals surface area contributed by atoms with Crippen LogP contribution in [0, 0.1) is 0 Å². The predicted molar refractivity (Wildman–Crippen MR) is 73.1 cm³/mol. The molecule has 0 aromatic heterocycles. The fraction of sp³-hybridized carbons (Fsp3) is 0.917. The fourth-order valence-electron chi connectivity index (χ4n) is 1.80. The zero-order chi connectivity index (χ0) is 13.1. The smallest absolute Gasteiger partial charge is 0.191 e. The number of methoxy groups -OCH3 is 1. The van der Waals surface area contributed by atoms with E-state index in [-0.39, 0.29) is 0 Å². The average Bonchev–Trinajstić information content (AvgIpc) is 2.42. The van der Waals surface area contributed by atoms with Crippen molar-refractivity contribution in [3.05, 3.63) is 0 Å². The molecule has 0 aliphatic carbocycles. The van der Waals surface area contributed by atoms with Gasteiger partial charge in [-0.2, -0.15) is 0 Å². The lowest BCUT2D eigenvalue weighted by molar-refractivity contribution is 0.0389. The van der Waals surface area contributed by atoms with Gasteiger partial charge in [-0.05, 0) is 6.42 Å². The number of morpholine rings is 1. The molecule has 0 aromatic carbocycles. The summed E-state index contributed by atoms with van der Waals surface area (Å²) in [5, 5.41) is 6.57. The topological polar surface area (TPSA) is 58.1 Å². The zero-order valence-electron chi connectivity index (χ0n) is 11.6. The molecule has 0 spiro atoms. The molecule has 6 heteroatoms. The van der Waals surface area contributed by atoms with E-state index in [0.717, 1.165) is 64.9 Å². The Morgan fingerprint density at radius 1 is 1.28 bits per heavy atom. The molecule has 1 aliphatic rings. The fourth-order valence-corrected chi connectivity index (χ4v) is 1.80. The molecule has 0 radical (unpaired) electrons. The normalized spacial score (nSPS) is 17.8. The monoisotopic (exact) mass is 258 g/mol. The Balaban J connectivity index is 2.04. The van der Waals surface area contributed by atoms with Gasteiger partial charge < -0.3 is 20.1 Å². The summed E-state index contributed by atoms with van der Waals surface area (Å²) < 4.78 is 10.3. The molecule has 1 saturated heterocycles. The van der Waals surface area contributed by atoms with E-state index in [0.29, 0.717) is 0 Å². The summed E-state index contributed by atoms with van der Waals surface area (Å²) in [4.78, 5) is 6.58. The summed E-state index contributed by atoms with van der Waals surface area (Å²) in [5.41, 5.74) is 0. The van der Waals surface area contributed by atoms with Crippen LogP contribution in [0.2, 0.25) is 0 Å². The Hall–Kier alpha value is -0.850. The maximum atomic E-state index is 5.31. The average molecular weight is 258 g/mol. The van der Waals surface area contributed by atoms with Crippen molar-refractivity contribution in [2.24, 2.45) is 4.99 Å². The Kier molecular flexibility index (Phi) is 8.54. The Labute approximate surface area is 110 Å². The van der Waals surface area contributed by atoms with Gasteiger partial charge in [0.25, 0.3) is 0 Å². The first-order valence-corrected chi connectivity index (χ1v) is 6.60. The minimum Gasteiger partial charge on any atom is -0.385 e. The highest BCUT2D eigenvalue weighted by Gasteiger charge is 2.09. The van der Waals surface area contributed by atoms with Gasteiger partial charge in [0.1, 0.15) is 0 Å². The summed E-state index contributed by atoms with van der Waals surface area (Å²) in [6.45, 7) is 7.35. The maximum absolute atomic E-state index is 5.31. The molecule has 0 aromatic rings. The van der Waals surface area contributed by atoms with Gasteiger partial charge in [0, 0.05) is 53.5 Å². The molecule has 0 atom stereocenters. The molecule has 1 heterocycles. The summed E-state index contributed by atoms with van der Waals surface area (Å²) in [6.07, 6.45) is 0.987. The van der Waals surface area contributed by atoms with Crippen LogP contribution in [-0.4, -0.2) is 77.6 Å². The number of nitrogens with one attached hydrogen (secondary N) is 2. The van der Waals surface area contributed by atoms with Crippen LogP contribution < -0.4 is 10.6 Å². The predicted octanol–water partition coefficient (Wildman–Crippen LogP) is -0.480. The van der Waals surface area contributed by atoms with Gasteiger partial charge in [0.2, 0.25) is 0 Å². The van der Waals surface area contributed by atoms with E-state index >= 15 is 0 Å². The van der Waals surface area contributed by atoms with Gasteiger partial charge in [0.15, 0.2) is 5.96 Å². The van der Waals surface area contributed by atoms with Crippen molar-refractivity contribution in [3.8, 4) is 0 Å². The standard InChI is InChI=1S/C12H26N4O2/c1-13-12(14-4-3-9-17-2)15-5-6-16-7-10-18-11-8-16/h3-11H2,1-2H3,(H2,13,14,15). The van der Waals surface area contributed by atoms with Crippen LogP contribution in [0.25, 0.3) is 0 Å². The molecule has 0 unspecified atom stereocenters. The Morgan fingerprint density at radius 3 is 2.67 bits per heavy atom. The van der Waals surface area contributed by atoms with E-state index in [9.17, 15) is 0 Å². The molecule has 18 heavy (non-hydrogen) atoms. The number of nitrogens with zero attached hydrogens (tertiary/aromatic N) is 2. The highest BCUT2D eigenvalue weighted by atomic mass is 16.5. The number of hydrogen-bond donors (Lipinski definition) is 2. The molecular formula is C12H26N4O2. The number of hydrogen-bond acceptors (Lipinski definition) is 4. The first kappa shape index (κ1) is 15.2. The van der Waals surface area contributed by atoms with Gasteiger partial charge in [-0.1, -0.05) is 0 Å². The van der Waals surface area contributed by atoms with E-state index in [1.54, 1.807) is 14.2 Å². The summed E-state index contributed by atoms with van der Waals surface area (Å²) in [5.74, 6) is 0.861. The molecule has 106 valence electrons. The van der Waals surface area contributed by atoms with E-state index < -0.39 is 0 Å². The highest BCUT2D eigenvalue weighted by Crippen LogP contribution is 1.94. The van der Waals surface area contributed by atoms with Crippen LogP contribution >= 0.6 is 0 Å². The first-order valence-electron chi connectivity index (χ1n) is 6.60. The quantitative estimate of drug-likeness (QED) is 0.367. The van der Waals surface area contributed by atoms with Crippen LogP contribution in [-0.2, 0) is 9.47 Å². The number of rotatable bonds is 7. The maximum Gasteiger partial charge on any atom is 0.191 e. The van der Waals surface area contributed by atoms with E-state index in [1.165, 1.54) is 0 Å². The minimum atomic E-state index is 0.776. The van der Waals surface area contributed by atoms with Gasteiger partial charge in [0.05, 0.1) is 13.2 Å². The SMILES string of the molecule is CN=C(NCCCOC)NCCN1CCOCC1. The van der Waals surface area contributed by atoms with E-state index in [1.807, 2.05) is 0 Å². The lowest BCUT2D eigenvalue weighted by atomic mass is 10.4. The van der Waals surface area contributed by atoms with Gasteiger partial charge >= 0.3 is 0 Å². The van der Waals surface area contributed by atoms with Crippen LogP contribution in [0.15, 0.2) is 4.99 Å². The molecule has 0 bridgehead atoms. The van der Waals surface area contributed by atoms with Crippen molar-refractivity contribution in [2.45, 2.75) is 6.42 Å². The van der Waals surface area contributed by atoms with Gasteiger partial charge in [-0.25, -0.2) is 0 Å². The third-order valence-electron chi connectivity index (χ3n) is 2.87. The molecule has 6 nitrogen and oxygen atoms in total. The second-order valence-electron chi connectivity index (χ2n) is 4.23. The van der Waals surface area contributed by atoms with Crippen LogP contribution in [0.3, 0.4) is 0 Å².